The number of ether oxygens (including phenoxy) is 3. The maximum Gasteiger partial charge on any atom is 0.161 e. The minimum atomic E-state index is -0.460. The molecule has 3 nitrogen and oxygen atoms in total. The predicted octanol–water partition coefficient (Wildman–Crippen LogP) is 3.85. The van der Waals surface area contributed by atoms with Crippen LogP contribution in [0.15, 0.2) is 36.4 Å². The lowest BCUT2D eigenvalue weighted by atomic mass is 9.80. The lowest BCUT2D eigenvalue weighted by molar-refractivity contribution is -0.0148. The van der Waals surface area contributed by atoms with Crippen molar-refractivity contribution in [1.82, 2.24) is 0 Å². The highest BCUT2D eigenvalue weighted by atomic mass is 16.5. The first-order chi connectivity index (χ1) is 10.6. The molecule has 1 atom stereocenters. The van der Waals surface area contributed by atoms with E-state index in [0.29, 0.717) is 6.61 Å². The van der Waals surface area contributed by atoms with Gasteiger partial charge in [-0.05, 0) is 54.7 Å². The number of hydrogen-bond acceptors (Lipinski definition) is 3. The molecule has 1 aliphatic rings. The molecule has 1 heterocycles. The van der Waals surface area contributed by atoms with Crippen LogP contribution < -0.4 is 9.47 Å². The molecule has 0 saturated heterocycles. The van der Waals surface area contributed by atoms with Crippen molar-refractivity contribution in [2.75, 3.05) is 20.8 Å². The zero-order valence-corrected chi connectivity index (χ0v) is 13.6. The van der Waals surface area contributed by atoms with Gasteiger partial charge in [0.05, 0.1) is 20.8 Å². The van der Waals surface area contributed by atoms with Crippen LogP contribution in [0.1, 0.15) is 29.2 Å². The fourth-order valence-electron chi connectivity index (χ4n) is 3.35. The molecule has 0 fully saturated rings. The van der Waals surface area contributed by atoms with Gasteiger partial charge in [-0.25, -0.2) is 0 Å². The summed E-state index contributed by atoms with van der Waals surface area (Å²) < 4.78 is 17.2. The van der Waals surface area contributed by atoms with E-state index in [1.54, 1.807) is 14.2 Å². The highest BCUT2D eigenvalue weighted by Gasteiger charge is 2.37. The van der Waals surface area contributed by atoms with Crippen LogP contribution in [0.5, 0.6) is 11.5 Å². The molecule has 3 rings (SSSR count). The van der Waals surface area contributed by atoms with Crippen LogP contribution in [0.3, 0.4) is 0 Å². The number of methoxy groups -OCH3 is 2. The van der Waals surface area contributed by atoms with Crippen molar-refractivity contribution in [2.24, 2.45) is 0 Å². The fourth-order valence-corrected chi connectivity index (χ4v) is 3.35. The van der Waals surface area contributed by atoms with E-state index in [4.69, 9.17) is 14.2 Å². The Morgan fingerprint density at radius 2 is 1.68 bits per heavy atom. The predicted molar refractivity (Wildman–Crippen MR) is 86.8 cm³/mol. The summed E-state index contributed by atoms with van der Waals surface area (Å²) in [6.45, 7) is 4.96. The maximum absolute atomic E-state index is 6.24. The highest BCUT2D eigenvalue weighted by Crippen LogP contribution is 2.44. The molecule has 0 aromatic heterocycles. The fraction of sp³-hybridized carbons (Fsp3) is 0.368. The van der Waals surface area contributed by atoms with Crippen LogP contribution in [0.4, 0.5) is 0 Å². The number of hydrogen-bond donors (Lipinski definition) is 0. The molecule has 2 aromatic rings. The molecule has 3 heteroatoms. The summed E-state index contributed by atoms with van der Waals surface area (Å²) in [6.07, 6.45) is 0.886. The summed E-state index contributed by atoms with van der Waals surface area (Å²) in [6, 6.07) is 12.5. The minimum absolute atomic E-state index is 0.460. The third-order valence-electron chi connectivity index (χ3n) is 4.54. The molecule has 0 saturated carbocycles. The largest absolute Gasteiger partial charge is 0.493 e. The van der Waals surface area contributed by atoms with E-state index in [9.17, 15) is 0 Å². The molecule has 0 bridgehead atoms. The van der Waals surface area contributed by atoms with Crippen molar-refractivity contribution in [1.29, 1.82) is 0 Å². The van der Waals surface area contributed by atoms with E-state index in [2.05, 4.69) is 50.2 Å². The molecule has 0 N–H and O–H groups in total. The van der Waals surface area contributed by atoms with Crippen molar-refractivity contribution in [3.05, 3.63) is 58.7 Å². The molecular formula is C19H22O3. The lowest BCUT2D eigenvalue weighted by Gasteiger charge is -2.38. The van der Waals surface area contributed by atoms with Crippen molar-refractivity contribution in [2.45, 2.75) is 25.9 Å². The van der Waals surface area contributed by atoms with Crippen molar-refractivity contribution in [3.63, 3.8) is 0 Å². The number of benzene rings is 2. The van der Waals surface area contributed by atoms with E-state index >= 15 is 0 Å². The highest BCUT2D eigenvalue weighted by molar-refractivity contribution is 5.53. The molecule has 1 aliphatic heterocycles. The van der Waals surface area contributed by atoms with Gasteiger partial charge in [-0.1, -0.05) is 24.3 Å². The van der Waals surface area contributed by atoms with Crippen molar-refractivity contribution >= 4 is 0 Å². The average Bonchev–Trinajstić information content (AvgIpc) is 2.54. The van der Waals surface area contributed by atoms with Gasteiger partial charge in [-0.2, -0.15) is 0 Å². The topological polar surface area (TPSA) is 27.7 Å². The Morgan fingerprint density at radius 3 is 2.36 bits per heavy atom. The van der Waals surface area contributed by atoms with E-state index in [1.165, 1.54) is 16.7 Å². The Labute approximate surface area is 131 Å². The van der Waals surface area contributed by atoms with Gasteiger partial charge in [-0.15, -0.1) is 0 Å². The Hall–Kier alpha value is -2.00. The summed E-state index contributed by atoms with van der Waals surface area (Å²) in [5.74, 6) is 1.52. The summed E-state index contributed by atoms with van der Waals surface area (Å²) in [7, 11) is 3.34. The van der Waals surface area contributed by atoms with E-state index in [1.807, 2.05) is 0 Å². The van der Waals surface area contributed by atoms with Gasteiger partial charge in [0.25, 0.3) is 0 Å². The van der Waals surface area contributed by atoms with Gasteiger partial charge in [0, 0.05) is 0 Å². The summed E-state index contributed by atoms with van der Waals surface area (Å²) in [5, 5.41) is 0. The lowest BCUT2D eigenvalue weighted by Crippen LogP contribution is -2.34. The quantitative estimate of drug-likeness (QED) is 0.861. The van der Waals surface area contributed by atoms with Gasteiger partial charge in [0.15, 0.2) is 11.5 Å². The maximum atomic E-state index is 6.24. The number of rotatable bonds is 3. The summed E-state index contributed by atoms with van der Waals surface area (Å²) >= 11 is 0. The number of fused-ring (bicyclic) bond motifs is 1. The summed E-state index contributed by atoms with van der Waals surface area (Å²) in [5.41, 5.74) is 4.38. The molecule has 0 unspecified atom stereocenters. The normalized spacial score (nSPS) is 20.4. The smallest absolute Gasteiger partial charge is 0.161 e. The second-order valence-corrected chi connectivity index (χ2v) is 5.81. The Bertz CT molecular complexity index is 693. The summed E-state index contributed by atoms with van der Waals surface area (Å²) in [4.78, 5) is 0. The third-order valence-corrected chi connectivity index (χ3v) is 4.54. The van der Waals surface area contributed by atoms with Crippen LogP contribution in [-0.4, -0.2) is 20.8 Å². The SMILES string of the molecule is COc1cc2c(cc1OC)[C@@](C)(c1ccccc1C)OCC2. The second-order valence-electron chi connectivity index (χ2n) is 5.81. The van der Waals surface area contributed by atoms with Gasteiger partial charge in [0.1, 0.15) is 5.60 Å². The molecular weight excluding hydrogens is 276 g/mol. The molecule has 116 valence electrons. The van der Waals surface area contributed by atoms with Crippen LogP contribution in [0.25, 0.3) is 0 Å². The van der Waals surface area contributed by atoms with Crippen molar-refractivity contribution in [3.8, 4) is 11.5 Å². The monoisotopic (exact) mass is 298 g/mol. The van der Waals surface area contributed by atoms with E-state index in [-0.39, 0.29) is 0 Å². The van der Waals surface area contributed by atoms with Crippen LogP contribution in [0.2, 0.25) is 0 Å². The van der Waals surface area contributed by atoms with Gasteiger partial charge < -0.3 is 14.2 Å². The Kier molecular flexibility index (Phi) is 3.83. The van der Waals surface area contributed by atoms with Crippen LogP contribution in [0, 0.1) is 6.92 Å². The number of aryl methyl sites for hydroxylation is 1. The van der Waals surface area contributed by atoms with Gasteiger partial charge in [-0.3, -0.25) is 0 Å². The second kappa shape index (κ2) is 5.65. The zero-order chi connectivity index (χ0) is 15.7. The molecule has 0 amide bonds. The Balaban J connectivity index is 2.21. The molecule has 22 heavy (non-hydrogen) atoms. The van der Waals surface area contributed by atoms with Crippen LogP contribution in [-0.2, 0) is 16.8 Å². The molecule has 2 aromatic carbocycles. The van der Waals surface area contributed by atoms with Crippen LogP contribution >= 0.6 is 0 Å². The zero-order valence-electron chi connectivity index (χ0n) is 13.6. The van der Waals surface area contributed by atoms with Crippen molar-refractivity contribution < 1.29 is 14.2 Å². The first-order valence-corrected chi connectivity index (χ1v) is 7.55. The first kappa shape index (κ1) is 14.9. The molecule has 0 aliphatic carbocycles. The van der Waals surface area contributed by atoms with E-state index < -0.39 is 5.60 Å². The average molecular weight is 298 g/mol. The molecule has 0 spiro atoms. The first-order valence-electron chi connectivity index (χ1n) is 7.55. The third kappa shape index (κ3) is 2.26. The van der Waals surface area contributed by atoms with Gasteiger partial charge >= 0.3 is 0 Å². The molecule has 0 radical (unpaired) electrons. The van der Waals surface area contributed by atoms with E-state index in [0.717, 1.165) is 23.5 Å². The minimum Gasteiger partial charge on any atom is -0.493 e. The standard InChI is InChI=1S/C19H22O3/c1-13-7-5-6-8-15(13)19(2)16-12-18(21-4)17(20-3)11-14(16)9-10-22-19/h5-8,11-12H,9-10H2,1-4H3/t19-/m1/s1. The van der Waals surface area contributed by atoms with Gasteiger partial charge in [0.2, 0.25) is 0 Å². The Morgan fingerprint density at radius 1 is 1.00 bits per heavy atom.